The molecule has 1 rings (SSSR count). The third kappa shape index (κ3) is 2.50. The van der Waals surface area contributed by atoms with E-state index in [1.54, 1.807) is 0 Å². The number of carbonyl (C=O) groups is 1. The largest absolute Gasteiger partial charge is 0.356 e. The SMILES string of the molecule is CC1CCC(NC=O)CCC1C. The van der Waals surface area contributed by atoms with Crippen LogP contribution in [0, 0.1) is 11.8 Å². The first-order valence-electron chi connectivity index (χ1n) is 4.93. The third-order valence-electron chi connectivity index (χ3n) is 3.22. The van der Waals surface area contributed by atoms with Gasteiger partial charge in [-0.1, -0.05) is 13.8 Å². The molecule has 1 aliphatic rings. The zero-order valence-corrected chi connectivity index (χ0v) is 8.05. The van der Waals surface area contributed by atoms with Gasteiger partial charge in [0.2, 0.25) is 6.41 Å². The molecule has 12 heavy (non-hydrogen) atoms. The van der Waals surface area contributed by atoms with Gasteiger partial charge in [-0.2, -0.15) is 0 Å². The lowest BCUT2D eigenvalue weighted by molar-refractivity contribution is -0.110. The van der Waals surface area contributed by atoms with Gasteiger partial charge in [-0.05, 0) is 37.5 Å². The van der Waals surface area contributed by atoms with E-state index in [-0.39, 0.29) is 0 Å². The Labute approximate surface area is 74.7 Å². The minimum atomic E-state index is 0.440. The molecule has 1 N–H and O–H groups in total. The maximum atomic E-state index is 10.2. The highest BCUT2D eigenvalue weighted by atomic mass is 16.1. The van der Waals surface area contributed by atoms with Crippen molar-refractivity contribution in [3.8, 4) is 0 Å². The standard InChI is InChI=1S/C10H19NO/c1-8-3-5-10(11-7-12)6-4-9(8)2/h7-10H,3-6H2,1-2H3,(H,11,12). The van der Waals surface area contributed by atoms with Crippen molar-refractivity contribution in [1.29, 1.82) is 0 Å². The van der Waals surface area contributed by atoms with Crippen molar-refractivity contribution in [2.45, 2.75) is 45.6 Å². The Morgan fingerprint density at radius 3 is 2.00 bits per heavy atom. The van der Waals surface area contributed by atoms with E-state index in [1.165, 1.54) is 12.8 Å². The van der Waals surface area contributed by atoms with Crippen LogP contribution in [0.1, 0.15) is 39.5 Å². The van der Waals surface area contributed by atoms with Gasteiger partial charge >= 0.3 is 0 Å². The topological polar surface area (TPSA) is 29.1 Å². The number of hydrogen-bond donors (Lipinski definition) is 1. The summed E-state index contributed by atoms with van der Waals surface area (Å²) in [6.07, 6.45) is 5.67. The Morgan fingerprint density at radius 1 is 1.08 bits per heavy atom. The summed E-state index contributed by atoms with van der Waals surface area (Å²) in [5.74, 6) is 1.65. The number of carbonyl (C=O) groups excluding carboxylic acids is 1. The molecule has 0 aliphatic heterocycles. The number of rotatable bonds is 2. The minimum Gasteiger partial charge on any atom is -0.356 e. The van der Waals surface area contributed by atoms with Crippen molar-refractivity contribution < 1.29 is 4.79 Å². The first-order valence-corrected chi connectivity index (χ1v) is 4.93. The molecule has 0 aromatic carbocycles. The molecular weight excluding hydrogens is 150 g/mol. The normalized spacial score (nSPS) is 37.0. The zero-order valence-electron chi connectivity index (χ0n) is 8.05. The van der Waals surface area contributed by atoms with Crippen LogP contribution in [0.4, 0.5) is 0 Å². The Morgan fingerprint density at radius 2 is 1.58 bits per heavy atom. The lowest BCUT2D eigenvalue weighted by Gasteiger charge is -2.14. The van der Waals surface area contributed by atoms with Crippen LogP contribution in [0.3, 0.4) is 0 Å². The molecule has 0 radical (unpaired) electrons. The summed E-state index contributed by atoms with van der Waals surface area (Å²) in [4.78, 5) is 10.2. The molecule has 1 fully saturated rings. The van der Waals surface area contributed by atoms with Gasteiger partial charge in [0, 0.05) is 6.04 Å². The molecule has 0 aromatic rings. The molecule has 0 saturated heterocycles. The van der Waals surface area contributed by atoms with Gasteiger partial charge in [-0.3, -0.25) is 4.79 Å². The molecule has 1 saturated carbocycles. The van der Waals surface area contributed by atoms with E-state index >= 15 is 0 Å². The van der Waals surface area contributed by atoms with Crippen LogP contribution in [0.2, 0.25) is 0 Å². The second-order valence-corrected chi connectivity index (χ2v) is 4.09. The lowest BCUT2D eigenvalue weighted by Crippen LogP contribution is -2.26. The van der Waals surface area contributed by atoms with Gasteiger partial charge in [0.15, 0.2) is 0 Å². The number of amides is 1. The molecule has 2 unspecified atom stereocenters. The summed E-state index contributed by atoms with van der Waals surface area (Å²) in [6, 6.07) is 0.440. The summed E-state index contributed by atoms with van der Waals surface area (Å²) < 4.78 is 0. The average Bonchev–Trinajstić information content (AvgIpc) is 2.20. The van der Waals surface area contributed by atoms with Crippen molar-refractivity contribution in [2.75, 3.05) is 0 Å². The first-order chi connectivity index (χ1) is 5.74. The predicted molar refractivity (Wildman–Crippen MR) is 49.8 cm³/mol. The van der Waals surface area contributed by atoms with Crippen LogP contribution >= 0.6 is 0 Å². The Kier molecular flexibility index (Phi) is 3.57. The highest BCUT2D eigenvalue weighted by Crippen LogP contribution is 2.27. The van der Waals surface area contributed by atoms with E-state index < -0.39 is 0 Å². The van der Waals surface area contributed by atoms with Gasteiger partial charge in [0.25, 0.3) is 0 Å². The molecule has 0 aromatic heterocycles. The van der Waals surface area contributed by atoms with Crippen molar-refractivity contribution in [3.63, 3.8) is 0 Å². The molecule has 1 amide bonds. The average molecular weight is 169 g/mol. The van der Waals surface area contributed by atoms with Crippen molar-refractivity contribution in [1.82, 2.24) is 5.32 Å². The van der Waals surface area contributed by atoms with E-state index in [0.717, 1.165) is 31.1 Å². The maximum Gasteiger partial charge on any atom is 0.207 e. The Balaban J connectivity index is 2.38. The van der Waals surface area contributed by atoms with Crippen LogP contribution in [0.15, 0.2) is 0 Å². The fourth-order valence-corrected chi connectivity index (χ4v) is 1.90. The fraction of sp³-hybridized carbons (Fsp3) is 0.900. The van der Waals surface area contributed by atoms with Gasteiger partial charge in [-0.15, -0.1) is 0 Å². The van der Waals surface area contributed by atoms with Gasteiger partial charge in [0.05, 0.1) is 0 Å². The van der Waals surface area contributed by atoms with Crippen LogP contribution in [0.25, 0.3) is 0 Å². The minimum absolute atomic E-state index is 0.440. The van der Waals surface area contributed by atoms with Gasteiger partial charge in [-0.25, -0.2) is 0 Å². The second-order valence-electron chi connectivity index (χ2n) is 4.09. The Hall–Kier alpha value is -0.530. The summed E-state index contributed by atoms with van der Waals surface area (Å²) in [7, 11) is 0. The lowest BCUT2D eigenvalue weighted by atomic mass is 9.92. The van der Waals surface area contributed by atoms with Crippen molar-refractivity contribution >= 4 is 6.41 Å². The number of nitrogens with one attached hydrogen (secondary N) is 1. The Bertz CT molecular complexity index is 135. The fourth-order valence-electron chi connectivity index (χ4n) is 1.90. The molecule has 2 atom stereocenters. The van der Waals surface area contributed by atoms with E-state index in [1.807, 2.05) is 0 Å². The van der Waals surface area contributed by atoms with E-state index in [2.05, 4.69) is 19.2 Å². The number of hydrogen-bond acceptors (Lipinski definition) is 1. The first kappa shape index (κ1) is 9.56. The highest BCUT2D eigenvalue weighted by molar-refractivity contribution is 5.46. The molecule has 0 heterocycles. The van der Waals surface area contributed by atoms with E-state index in [4.69, 9.17) is 0 Å². The van der Waals surface area contributed by atoms with Crippen LogP contribution < -0.4 is 5.32 Å². The maximum absolute atomic E-state index is 10.2. The zero-order chi connectivity index (χ0) is 8.97. The monoisotopic (exact) mass is 169 g/mol. The smallest absolute Gasteiger partial charge is 0.207 e. The van der Waals surface area contributed by atoms with Gasteiger partial charge in [0.1, 0.15) is 0 Å². The molecular formula is C10H19NO. The summed E-state index contributed by atoms with van der Waals surface area (Å²) in [5.41, 5.74) is 0. The van der Waals surface area contributed by atoms with E-state index in [9.17, 15) is 4.79 Å². The summed E-state index contributed by atoms with van der Waals surface area (Å²) >= 11 is 0. The summed E-state index contributed by atoms with van der Waals surface area (Å²) in [6.45, 7) is 4.63. The van der Waals surface area contributed by atoms with Crippen molar-refractivity contribution in [3.05, 3.63) is 0 Å². The highest BCUT2D eigenvalue weighted by Gasteiger charge is 2.20. The molecule has 2 nitrogen and oxygen atoms in total. The molecule has 70 valence electrons. The quantitative estimate of drug-likeness (QED) is 0.497. The van der Waals surface area contributed by atoms with Crippen LogP contribution in [-0.2, 0) is 4.79 Å². The molecule has 0 spiro atoms. The molecule has 1 aliphatic carbocycles. The van der Waals surface area contributed by atoms with E-state index in [0.29, 0.717) is 6.04 Å². The third-order valence-corrected chi connectivity index (χ3v) is 3.22. The van der Waals surface area contributed by atoms with Crippen LogP contribution in [0.5, 0.6) is 0 Å². The van der Waals surface area contributed by atoms with Crippen molar-refractivity contribution in [2.24, 2.45) is 11.8 Å². The molecule has 2 heteroatoms. The predicted octanol–water partition coefficient (Wildman–Crippen LogP) is 1.95. The molecule has 0 bridgehead atoms. The van der Waals surface area contributed by atoms with Gasteiger partial charge < -0.3 is 5.32 Å². The van der Waals surface area contributed by atoms with Crippen LogP contribution in [-0.4, -0.2) is 12.5 Å². The second kappa shape index (κ2) is 4.48. The summed E-state index contributed by atoms with van der Waals surface area (Å²) in [5, 5.41) is 2.88.